The molecule has 2 atom stereocenters. The average Bonchev–Trinajstić information content (AvgIpc) is 2.99. The molecule has 0 spiro atoms. The second-order valence-corrected chi connectivity index (χ2v) is 5.27. The van der Waals surface area contributed by atoms with Crippen molar-refractivity contribution in [2.75, 3.05) is 26.4 Å². The summed E-state index contributed by atoms with van der Waals surface area (Å²) < 4.78 is 16.2. The van der Waals surface area contributed by atoms with Crippen LogP contribution in [0.3, 0.4) is 0 Å². The van der Waals surface area contributed by atoms with E-state index >= 15 is 0 Å². The van der Waals surface area contributed by atoms with Crippen LogP contribution in [0.1, 0.15) is 33.1 Å². The van der Waals surface area contributed by atoms with E-state index in [0.29, 0.717) is 25.9 Å². The van der Waals surface area contributed by atoms with Gasteiger partial charge in [0.25, 0.3) is 0 Å². The number of nitrogens with one attached hydrogen (secondary N) is 1. The third-order valence-corrected chi connectivity index (χ3v) is 3.32. The molecule has 0 radical (unpaired) electrons. The molecule has 0 aromatic heterocycles. The van der Waals surface area contributed by atoms with Gasteiger partial charge in [0.2, 0.25) is 0 Å². The molecule has 104 valence electrons. The molecule has 0 amide bonds. The van der Waals surface area contributed by atoms with Crippen molar-refractivity contribution < 1.29 is 19.0 Å². The summed E-state index contributed by atoms with van der Waals surface area (Å²) in [6, 6.07) is 0.433. The molecule has 2 rings (SSSR count). The average molecular weight is 257 g/mol. The quantitative estimate of drug-likeness (QED) is 0.686. The van der Waals surface area contributed by atoms with Crippen molar-refractivity contribution in [2.24, 2.45) is 0 Å². The van der Waals surface area contributed by atoms with Crippen molar-refractivity contribution in [1.82, 2.24) is 5.32 Å². The molecule has 1 N–H and O–H groups in total. The smallest absolute Gasteiger partial charge is 0.328 e. The van der Waals surface area contributed by atoms with Crippen LogP contribution in [0, 0.1) is 0 Å². The van der Waals surface area contributed by atoms with E-state index in [1.807, 2.05) is 13.8 Å². The van der Waals surface area contributed by atoms with Gasteiger partial charge in [0, 0.05) is 12.6 Å². The Morgan fingerprint density at radius 2 is 2.22 bits per heavy atom. The zero-order valence-corrected chi connectivity index (χ0v) is 11.2. The number of rotatable bonds is 7. The molecule has 2 unspecified atom stereocenters. The normalized spacial score (nSPS) is 26.9. The van der Waals surface area contributed by atoms with Crippen molar-refractivity contribution in [3.63, 3.8) is 0 Å². The Balaban J connectivity index is 1.87. The van der Waals surface area contributed by atoms with Gasteiger partial charge in [0.1, 0.15) is 5.54 Å². The van der Waals surface area contributed by atoms with Crippen LogP contribution >= 0.6 is 0 Å². The number of esters is 1. The zero-order chi connectivity index (χ0) is 13.0. The van der Waals surface area contributed by atoms with Crippen LogP contribution in [0.2, 0.25) is 0 Å². The van der Waals surface area contributed by atoms with Gasteiger partial charge in [0.05, 0.1) is 25.9 Å². The van der Waals surface area contributed by atoms with Crippen molar-refractivity contribution in [3.8, 4) is 0 Å². The maximum absolute atomic E-state index is 12.0. The van der Waals surface area contributed by atoms with E-state index in [1.54, 1.807) is 0 Å². The topological polar surface area (TPSA) is 56.8 Å². The molecule has 0 aromatic rings. The third-order valence-electron chi connectivity index (χ3n) is 3.32. The Kier molecular flexibility index (Phi) is 4.59. The number of hydrogen-bond acceptors (Lipinski definition) is 5. The van der Waals surface area contributed by atoms with E-state index in [-0.39, 0.29) is 12.1 Å². The maximum Gasteiger partial charge on any atom is 0.328 e. The minimum absolute atomic E-state index is 0.111. The SMILES string of the molecule is CCOC(=O)C(C)(COC1CCOC1)NC1CC1. The molecule has 0 aromatic carbocycles. The minimum atomic E-state index is -0.736. The first kappa shape index (κ1) is 13.8. The number of carbonyl (C=O) groups is 1. The van der Waals surface area contributed by atoms with Gasteiger partial charge >= 0.3 is 5.97 Å². The molecule has 1 saturated heterocycles. The fourth-order valence-corrected chi connectivity index (χ4v) is 2.06. The van der Waals surface area contributed by atoms with Crippen LogP contribution < -0.4 is 5.32 Å². The lowest BCUT2D eigenvalue weighted by Crippen LogP contribution is -2.55. The Labute approximate surface area is 108 Å². The van der Waals surface area contributed by atoms with Gasteiger partial charge in [0.15, 0.2) is 0 Å². The highest BCUT2D eigenvalue weighted by molar-refractivity contribution is 5.80. The molecule has 1 aliphatic heterocycles. The summed E-state index contributed by atoms with van der Waals surface area (Å²) in [5.74, 6) is -0.226. The lowest BCUT2D eigenvalue weighted by molar-refractivity contribution is -0.154. The maximum atomic E-state index is 12.0. The summed E-state index contributed by atoms with van der Waals surface area (Å²) in [4.78, 5) is 12.0. The summed E-state index contributed by atoms with van der Waals surface area (Å²) in [5, 5.41) is 3.34. The minimum Gasteiger partial charge on any atom is -0.465 e. The molecule has 1 heterocycles. The first-order valence-corrected chi connectivity index (χ1v) is 6.78. The second kappa shape index (κ2) is 5.99. The molecule has 2 aliphatic rings. The van der Waals surface area contributed by atoms with Crippen molar-refractivity contribution in [2.45, 2.75) is 50.8 Å². The highest BCUT2D eigenvalue weighted by atomic mass is 16.6. The number of hydrogen-bond donors (Lipinski definition) is 1. The Morgan fingerprint density at radius 3 is 2.78 bits per heavy atom. The zero-order valence-electron chi connectivity index (χ0n) is 11.2. The molecule has 1 aliphatic carbocycles. The summed E-state index contributed by atoms with van der Waals surface area (Å²) in [6.45, 7) is 5.79. The summed E-state index contributed by atoms with van der Waals surface area (Å²) >= 11 is 0. The standard InChI is InChI=1S/C13H23NO4/c1-3-17-12(15)13(2,14-10-4-5-10)9-18-11-6-7-16-8-11/h10-11,14H,3-9H2,1-2H3. The Bertz CT molecular complexity index is 287. The highest BCUT2D eigenvalue weighted by Crippen LogP contribution is 2.24. The van der Waals surface area contributed by atoms with E-state index in [2.05, 4.69) is 5.32 Å². The van der Waals surface area contributed by atoms with Crippen LogP contribution in [-0.2, 0) is 19.0 Å². The van der Waals surface area contributed by atoms with E-state index in [0.717, 1.165) is 25.9 Å². The summed E-state index contributed by atoms with van der Waals surface area (Å²) in [5.41, 5.74) is -0.736. The molecule has 0 bridgehead atoms. The van der Waals surface area contributed by atoms with Gasteiger partial charge in [-0.3, -0.25) is 5.32 Å². The molecule has 2 fully saturated rings. The highest BCUT2D eigenvalue weighted by Gasteiger charge is 2.40. The summed E-state index contributed by atoms with van der Waals surface area (Å²) in [7, 11) is 0. The van der Waals surface area contributed by atoms with Gasteiger partial charge in [-0.15, -0.1) is 0 Å². The van der Waals surface area contributed by atoms with Crippen LogP contribution in [0.5, 0.6) is 0 Å². The largest absolute Gasteiger partial charge is 0.465 e. The fraction of sp³-hybridized carbons (Fsp3) is 0.923. The molecule has 1 saturated carbocycles. The second-order valence-electron chi connectivity index (χ2n) is 5.27. The van der Waals surface area contributed by atoms with Gasteiger partial charge in [-0.25, -0.2) is 4.79 Å². The van der Waals surface area contributed by atoms with Crippen LogP contribution in [-0.4, -0.2) is 50.1 Å². The first-order valence-electron chi connectivity index (χ1n) is 6.78. The van der Waals surface area contributed by atoms with Crippen molar-refractivity contribution >= 4 is 5.97 Å². The van der Waals surface area contributed by atoms with Gasteiger partial charge in [-0.05, 0) is 33.1 Å². The number of ether oxygens (including phenoxy) is 3. The number of carbonyl (C=O) groups excluding carboxylic acids is 1. The van der Waals surface area contributed by atoms with Gasteiger partial charge in [-0.1, -0.05) is 0 Å². The first-order chi connectivity index (χ1) is 8.64. The molecule has 18 heavy (non-hydrogen) atoms. The van der Waals surface area contributed by atoms with Gasteiger partial charge in [-0.2, -0.15) is 0 Å². The third kappa shape index (κ3) is 3.67. The van der Waals surface area contributed by atoms with Crippen molar-refractivity contribution in [1.29, 1.82) is 0 Å². The monoisotopic (exact) mass is 257 g/mol. The van der Waals surface area contributed by atoms with E-state index in [9.17, 15) is 4.79 Å². The van der Waals surface area contributed by atoms with Crippen molar-refractivity contribution in [3.05, 3.63) is 0 Å². The predicted octanol–water partition coefficient (Wildman–Crippen LogP) is 0.866. The van der Waals surface area contributed by atoms with E-state index in [4.69, 9.17) is 14.2 Å². The molecular formula is C13H23NO4. The Hall–Kier alpha value is -0.650. The lowest BCUT2D eigenvalue weighted by Gasteiger charge is -2.29. The predicted molar refractivity (Wildman–Crippen MR) is 66.4 cm³/mol. The van der Waals surface area contributed by atoms with Crippen LogP contribution in [0.15, 0.2) is 0 Å². The molecule has 5 heteroatoms. The van der Waals surface area contributed by atoms with Crippen LogP contribution in [0.25, 0.3) is 0 Å². The Morgan fingerprint density at radius 1 is 1.44 bits per heavy atom. The van der Waals surface area contributed by atoms with E-state index in [1.165, 1.54) is 0 Å². The van der Waals surface area contributed by atoms with Crippen LogP contribution in [0.4, 0.5) is 0 Å². The summed E-state index contributed by atoms with van der Waals surface area (Å²) in [6.07, 6.45) is 3.27. The lowest BCUT2D eigenvalue weighted by atomic mass is 10.0. The molecule has 5 nitrogen and oxygen atoms in total. The van der Waals surface area contributed by atoms with Gasteiger partial charge < -0.3 is 14.2 Å². The van der Waals surface area contributed by atoms with E-state index < -0.39 is 5.54 Å². The fourth-order valence-electron chi connectivity index (χ4n) is 2.06. The molecular weight excluding hydrogens is 234 g/mol.